The van der Waals surface area contributed by atoms with Crippen LogP contribution in [0, 0.1) is 0 Å². The monoisotopic (exact) mass is 293 g/mol. The van der Waals surface area contributed by atoms with E-state index in [9.17, 15) is 0 Å². The highest BCUT2D eigenvalue weighted by atomic mass is 15.2. The largest absolute Gasteiger partial charge is 0.256 e. The zero-order valence-corrected chi connectivity index (χ0v) is 15.1. The van der Waals surface area contributed by atoms with Crippen LogP contribution in [0.5, 0.6) is 0 Å². The molecule has 0 saturated carbocycles. The van der Waals surface area contributed by atoms with Crippen molar-refractivity contribution >= 4 is 0 Å². The summed E-state index contributed by atoms with van der Waals surface area (Å²) in [6.07, 6.45) is 16.9. The van der Waals surface area contributed by atoms with Gasteiger partial charge in [0.25, 0.3) is 5.82 Å². The van der Waals surface area contributed by atoms with Crippen LogP contribution in [-0.4, -0.2) is 4.57 Å². The van der Waals surface area contributed by atoms with Crippen molar-refractivity contribution in [2.24, 2.45) is 0 Å². The molecule has 21 heavy (non-hydrogen) atoms. The third kappa shape index (κ3) is 6.23. The first kappa shape index (κ1) is 18.3. The molecule has 0 bridgehead atoms. The van der Waals surface area contributed by atoms with Gasteiger partial charge in [-0.05, 0) is 34.1 Å². The summed E-state index contributed by atoms with van der Waals surface area (Å²) in [5, 5.41) is 0. The lowest BCUT2D eigenvalue weighted by molar-refractivity contribution is -0.722. The van der Waals surface area contributed by atoms with E-state index in [2.05, 4.69) is 56.1 Å². The highest BCUT2D eigenvalue weighted by molar-refractivity contribution is 4.87. The average Bonchev–Trinajstić information content (AvgIpc) is 2.86. The Kier molecular flexibility index (Phi) is 8.72. The number of nitrogens with zero attached hydrogens (tertiary/aromatic N) is 2. The number of aromatic nitrogens is 2. The van der Waals surface area contributed by atoms with Crippen LogP contribution in [0.15, 0.2) is 12.4 Å². The molecule has 0 aliphatic rings. The Labute approximate surface area is 132 Å². The molecule has 1 heterocycles. The summed E-state index contributed by atoms with van der Waals surface area (Å²) in [6.45, 7) is 11.4. The Morgan fingerprint density at radius 3 is 2.00 bits per heavy atom. The molecule has 2 heteroatoms. The molecule has 0 amide bonds. The summed E-state index contributed by atoms with van der Waals surface area (Å²) >= 11 is 0. The lowest BCUT2D eigenvalue weighted by Crippen LogP contribution is -2.39. The van der Waals surface area contributed by atoms with Crippen molar-refractivity contribution in [3.05, 3.63) is 18.2 Å². The van der Waals surface area contributed by atoms with Crippen LogP contribution in [0.1, 0.15) is 104 Å². The quantitative estimate of drug-likeness (QED) is 0.370. The zero-order valence-electron chi connectivity index (χ0n) is 15.1. The summed E-state index contributed by atoms with van der Waals surface area (Å²) in [5.41, 5.74) is 0. The molecule has 0 aromatic carbocycles. The van der Waals surface area contributed by atoms with E-state index in [4.69, 9.17) is 0 Å². The Morgan fingerprint density at radius 1 is 0.905 bits per heavy atom. The summed E-state index contributed by atoms with van der Waals surface area (Å²) < 4.78 is 4.89. The lowest BCUT2D eigenvalue weighted by atomic mass is 10.1. The minimum absolute atomic E-state index is 0.564. The molecule has 0 spiro atoms. The normalized spacial score (nSPS) is 11.8. The van der Waals surface area contributed by atoms with Gasteiger partial charge in [0.2, 0.25) is 0 Å². The first-order chi connectivity index (χ1) is 10.1. The molecular weight excluding hydrogens is 256 g/mol. The van der Waals surface area contributed by atoms with Crippen molar-refractivity contribution in [2.45, 2.75) is 104 Å². The molecule has 0 aliphatic heterocycles. The van der Waals surface area contributed by atoms with E-state index in [0.717, 1.165) is 0 Å². The molecule has 1 aromatic heterocycles. The van der Waals surface area contributed by atoms with Crippen LogP contribution >= 0.6 is 0 Å². The van der Waals surface area contributed by atoms with Crippen molar-refractivity contribution in [3.63, 3.8) is 0 Å². The highest BCUT2D eigenvalue weighted by Gasteiger charge is 2.20. The first-order valence-electron chi connectivity index (χ1n) is 9.18. The second kappa shape index (κ2) is 10.0. The summed E-state index contributed by atoms with van der Waals surface area (Å²) in [6, 6.07) is 1.13. The van der Waals surface area contributed by atoms with Gasteiger partial charge in [-0.15, -0.1) is 0 Å². The Balaban J connectivity index is 2.35. The fourth-order valence-electron chi connectivity index (χ4n) is 3.06. The maximum atomic E-state index is 2.45. The zero-order chi connectivity index (χ0) is 15.7. The minimum atomic E-state index is 0.564. The predicted octanol–water partition coefficient (Wildman–Crippen LogP) is 5.62. The summed E-state index contributed by atoms with van der Waals surface area (Å²) in [4.78, 5) is 0. The van der Waals surface area contributed by atoms with Crippen molar-refractivity contribution in [2.75, 3.05) is 0 Å². The van der Waals surface area contributed by atoms with E-state index in [1.807, 2.05) is 0 Å². The summed E-state index contributed by atoms with van der Waals surface area (Å²) in [7, 11) is 0. The maximum Gasteiger partial charge on any atom is 0.256 e. The van der Waals surface area contributed by atoms with Gasteiger partial charge in [0, 0.05) is 6.42 Å². The first-order valence-corrected chi connectivity index (χ1v) is 9.18. The van der Waals surface area contributed by atoms with Crippen molar-refractivity contribution in [1.82, 2.24) is 4.57 Å². The van der Waals surface area contributed by atoms with Crippen LogP contribution in [0.2, 0.25) is 0 Å². The fraction of sp³-hybridized carbons (Fsp3) is 0.842. The number of unbranched alkanes of at least 4 members (excludes halogenated alkanes) is 7. The highest BCUT2D eigenvalue weighted by Crippen LogP contribution is 2.14. The SMILES string of the molecule is CCCCCCCCCCc1n(C(C)C)cc[n+]1C(C)C. The number of rotatable bonds is 11. The van der Waals surface area contributed by atoms with E-state index in [1.54, 1.807) is 0 Å². The number of hydrogen-bond acceptors (Lipinski definition) is 0. The van der Waals surface area contributed by atoms with Gasteiger partial charge >= 0.3 is 0 Å². The Bertz CT molecular complexity index is 351. The van der Waals surface area contributed by atoms with Crippen LogP contribution in [-0.2, 0) is 6.42 Å². The Morgan fingerprint density at radius 2 is 1.48 bits per heavy atom. The van der Waals surface area contributed by atoms with Gasteiger partial charge in [0.05, 0.1) is 12.1 Å². The third-order valence-corrected chi connectivity index (χ3v) is 4.35. The molecule has 0 N–H and O–H groups in total. The second-order valence-corrected chi connectivity index (χ2v) is 6.94. The van der Waals surface area contributed by atoms with Gasteiger partial charge in [0.1, 0.15) is 12.4 Å². The van der Waals surface area contributed by atoms with Crippen LogP contribution in [0.3, 0.4) is 0 Å². The van der Waals surface area contributed by atoms with E-state index in [0.29, 0.717) is 12.1 Å². The average molecular weight is 294 g/mol. The van der Waals surface area contributed by atoms with E-state index in [-0.39, 0.29) is 0 Å². The van der Waals surface area contributed by atoms with Gasteiger partial charge in [-0.1, -0.05) is 51.9 Å². The standard InChI is InChI=1S/C19H37N2/c1-6-7-8-9-10-11-12-13-14-19-20(17(2)3)15-16-21(19)18(4)5/h15-18H,6-14H2,1-5H3/q+1. The van der Waals surface area contributed by atoms with Crippen molar-refractivity contribution < 1.29 is 4.57 Å². The molecule has 1 aromatic rings. The molecule has 0 fully saturated rings. The van der Waals surface area contributed by atoms with Crippen molar-refractivity contribution in [1.29, 1.82) is 0 Å². The second-order valence-electron chi connectivity index (χ2n) is 6.94. The molecule has 0 radical (unpaired) electrons. The van der Waals surface area contributed by atoms with Crippen LogP contribution in [0.4, 0.5) is 0 Å². The van der Waals surface area contributed by atoms with Crippen LogP contribution in [0.25, 0.3) is 0 Å². The predicted molar refractivity (Wildman–Crippen MR) is 91.7 cm³/mol. The van der Waals surface area contributed by atoms with Gasteiger partial charge in [0.15, 0.2) is 0 Å². The number of hydrogen-bond donors (Lipinski definition) is 0. The molecule has 0 saturated heterocycles. The smallest absolute Gasteiger partial charge is 0.232 e. The van der Waals surface area contributed by atoms with E-state index >= 15 is 0 Å². The number of imidazole rings is 1. The van der Waals surface area contributed by atoms with Gasteiger partial charge in [-0.3, -0.25) is 0 Å². The fourth-order valence-corrected chi connectivity index (χ4v) is 3.06. The molecule has 0 aliphatic carbocycles. The molecule has 1 rings (SSSR count). The Hall–Kier alpha value is -0.790. The molecule has 0 atom stereocenters. The maximum absolute atomic E-state index is 2.45. The molecular formula is C19H37N2+. The molecule has 122 valence electrons. The molecule has 2 nitrogen and oxygen atoms in total. The van der Waals surface area contributed by atoms with Crippen molar-refractivity contribution in [3.8, 4) is 0 Å². The van der Waals surface area contributed by atoms with Gasteiger partial charge < -0.3 is 0 Å². The lowest BCUT2D eigenvalue weighted by Gasteiger charge is -2.09. The van der Waals surface area contributed by atoms with E-state index in [1.165, 1.54) is 63.6 Å². The summed E-state index contributed by atoms with van der Waals surface area (Å²) in [5.74, 6) is 1.51. The van der Waals surface area contributed by atoms with E-state index < -0.39 is 0 Å². The minimum Gasteiger partial charge on any atom is -0.232 e. The topological polar surface area (TPSA) is 8.81 Å². The van der Waals surface area contributed by atoms with Crippen LogP contribution < -0.4 is 4.57 Å². The van der Waals surface area contributed by atoms with Gasteiger partial charge in [-0.2, -0.15) is 0 Å². The molecule has 0 unspecified atom stereocenters. The third-order valence-electron chi connectivity index (χ3n) is 4.35. The van der Waals surface area contributed by atoms with Gasteiger partial charge in [-0.25, -0.2) is 9.13 Å².